The number of hydrogen-bond acceptors (Lipinski definition) is 3. The van der Waals surface area contributed by atoms with Gasteiger partial charge in [-0.2, -0.15) is 0 Å². The number of carboxylic acid groups (broad SMARTS) is 1. The number of aliphatic hydroxyl groups is 2. The summed E-state index contributed by atoms with van der Waals surface area (Å²) in [7, 11) is 0. The summed E-state index contributed by atoms with van der Waals surface area (Å²) in [5.41, 5.74) is 1.57. The van der Waals surface area contributed by atoms with Crippen LogP contribution in [0.3, 0.4) is 0 Å². The molecule has 2 unspecified atom stereocenters. The van der Waals surface area contributed by atoms with Crippen molar-refractivity contribution in [3.63, 3.8) is 0 Å². The van der Waals surface area contributed by atoms with E-state index in [1.54, 1.807) is 6.08 Å². The highest BCUT2D eigenvalue weighted by atomic mass is 16.4. The highest BCUT2D eigenvalue weighted by Gasteiger charge is 2.45. The molecule has 3 aliphatic rings. The first-order valence-corrected chi connectivity index (χ1v) is 11.2. The van der Waals surface area contributed by atoms with Gasteiger partial charge in [-0.3, -0.25) is 4.79 Å². The maximum absolute atomic E-state index is 12.0. The molecule has 158 valence electrons. The number of allylic oxidation sites excluding steroid dienone is 2. The minimum Gasteiger partial charge on any atom is -0.481 e. The first-order chi connectivity index (χ1) is 13.3. The highest BCUT2D eigenvalue weighted by Crippen LogP contribution is 2.51. The Morgan fingerprint density at radius 1 is 1.29 bits per heavy atom. The van der Waals surface area contributed by atoms with Crippen molar-refractivity contribution in [3.8, 4) is 0 Å². The van der Waals surface area contributed by atoms with Gasteiger partial charge in [0, 0.05) is 5.92 Å². The molecule has 4 heteroatoms. The average Bonchev–Trinajstić information content (AvgIpc) is 3.13. The molecule has 0 radical (unpaired) electrons. The second kappa shape index (κ2) is 9.13. The van der Waals surface area contributed by atoms with Gasteiger partial charge in [0.05, 0.1) is 18.6 Å². The zero-order valence-electron chi connectivity index (χ0n) is 17.5. The van der Waals surface area contributed by atoms with Crippen LogP contribution in [0.25, 0.3) is 0 Å². The van der Waals surface area contributed by atoms with Gasteiger partial charge in [-0.1, -0.05) is 50.5 Å². The molecule has 0 amide bonds. The van der Waals surface area contributed by atoms with Gasteiger partial charge in [0.25, 0.3) is 0 Å². The minimum atomic E-state index is -0.626. The van der Waals surface area contributed by atoms with Crippen LogP contribution in [0, 0.1) is 35.0 Å². The molecule has 6 atom stereocenters. The van der Waals surface area contributed by atoms with Crippen molar-refractivity contribution in [1.29, 1.82) is 0 Å². The molecule has 0 bridgehead atoms. The number of aliphatic hydroxyl groups excluding tert-OH is 2. The van der Waals surface area contributed by atoms with Crippen molar-refractivity contribution in [2.75, 3.05) is 6.61 Å². The number of aliphatic carboxylic acids is 1. The topological polar surface area (TPSA) is 77.8 Å². The molecule has 0 aromatic heterocycles. The molecule has 0 aromatic carbocycles. The van der Waals surface area contributed by atoms with Crippen molar-refractivity contribution in [2.24, 2.45) is 35.0 Å². The van der Waals surface area contributed by atoms with E-state index in [2.05, 4.69) is 19.9 Å². The smallest absolute Gasteiger partial charge is 0.306 e. The summed E-state index contributed by atoms with van der Waals surface area (Å²) in [5.74, 6) is 0.564. The van der Waals surface area contributed by atoms with Crippen molar-refractivity contribution >= 4 is 5.97 Å². The van der Waals surface area contributed by atoms with Crippen LogP contribution < -0.4 is 0 Å². The van der Waals surface area contributed by atoms with Crippen LogP contribution in [-0.4, -0.2) is 34.0 Å². The van der Waals surface area contributed by atoms with Gasteiger partial charge >= 0.3 is 5.97 Å². The van der Waals surface area contributed by atoms with E-state index >= 15 is 0 Å². The van der Waals surface area contributed by atoms with Crippen molar-refractivity contribution in [1.82, 2.24) is 0 Å². The normalized spacial score (nSPS) is 37.4. The second-order valence-corrected chi connectivity index (χ2v) is 10.0. The zero-order chi connectivity index (χ0) is 20.3. The predicted molar refractivity (Wildman–Crippen MR) is 111 cm³/mol. The number of hydrogen-bond donors (Lipinski definition) is 3. The second-order valence-electron chi connectivity index (χ2n) is 10.0. The van der Waals surface area contributed by atoms with Crippen molar-refractivity contribution in [2.45, 2.75) is 77.7 Å². The van der Waals surface area contributed by atoms with E-state index in [4.69, 9.17) is 5.11 Å². The van der Waals surface area contributed by atoms with Gasteiger partial charge in [0.1, 0.15) is 0 Å². The number of carbonyl (C=O) groups is 1. The summed E-state index contributed by atoms with van der Waals surface area (Å²) in [6.07, 6.45) is 14.8. The Bertz CT molecular complexity index is 606. The molecule has 4 nitrogen and oxygen atoms in total. The van der Waals surface area contributed by atoms with E-state index in [9.17, 15) is 15.0 Å². The molecule has 0 spiro atoms. The van der Waals surface area contributed by atoms with Gasteiger partial charge in [-0.15, -0.1) is 0 Å². The Morgan fingerprint density at radius 2 is 2.07 bits per heavy atom. The van der Waals surface area contributed by atoms with Crippen LogP contribution in [0.5, 0.6) is 0 Å². The summed E-state index contributed by atoms with van der Waals surface area (Å²) < 4.78 is 0. The van der Waals surface area contributed by atoms with Gasteiger partial charge in [0.2, 0.25) is 0 Å². The Labute approximate surface area is 169 Å². The van der Waals surface area contributed by atoms with Gasteiger partial charge in [-0.05, 0) is 68.1 Å². The Kier molecular flexibility index (Phi) is 7.03. The summed E-state index contributed by atoms with van der Waals surface area (Å²) in [6.45, 7) is 4.51. The monoisotopic (exact) mass is 390 g/mol. The molecule has 0 saturated heterocycles. The fraction of sp³-hybridized carbons (Fsp3) is 0.792. The first-order valence-electron chi connectivity index (χ1n) is 11.2. The quantitative estimate of drug-likeness (QED) is 0.557. The lowest BCUT2D eigenvalue weighted by Crippen LogP contribution is -2.37. The molecule has 3 fully saturated rings. The molecule has 3 saturated carbocycles. The number of rotatable bonds is 7. The van der Waals surface area contributed by atoms with Crippen LogP contribution in [0.4, 0.5) is 0 Å². The molecule has 0 heterocycles. The lowest BCUT2D eigenvalue weighted by atomic mass is 9.63. The van der Waals surface area contributed by atoms with E-state index in [0.717, 1.165) is 51.4 Å². The van der Waals surface area contributed by atoms with Crippen molar-refractivity contribution < 1.29 is 20.1 Å². The fourth-order valence-electron chi connectivity index (χ4n) is 6.39. The Hall–Kier alpha value is -1.13. The first kappa shape index (κ1) is 21.6. The third-order valence-corrected chi connectivity index (χ3v) is 7.88. The summed E-state index contributed by atoms with van der Waals surface area (Å²) in [6, 6.07) is 0. The number of fused-ring (bicyclic) bond motifs is 1. The molecular formula is C24H38O4. The molecule has 0 aliphatic heterocycles. The molecule has 28 heavy (non-hydrogen) atoms. The van der Waals surface area contributed by atoms with Gasteiger partial charge < -0.3 is 15.3 Å². The third kappa shape index (κ3) is 4.71. The Balaban J connectivity index is 1.58. The fourth-order valence-corrected chi connectivity index (χ4v) is 6.39. The van der Waals surface area contributed by atoms with Crippen LogP contribution in [0.1, 0.15) is 71.6 Å². The molecule has 0 aromatic rings. The highest BCUT2D eigenvalue weighted by molar-refractivity contribution is 5.70. The average molecular weight is 391 g/mol. The maximum atomic E-state index is 12.0. The van der Waals surface area contributed by atoms with Crippen LogP contribution in [-0.2, 0) is 4.79 Å². The third-order valence-electron chi connectivity index (χ3n) is 7.88. The van der Waals surface area contributed by atoms with Gasteiger partial charge in [-0.25, -0.2) is 0 Å². The van der Waals surface area contributed by atoms with E-state index < -0.39 is 5.97 Å². The Morgan fingerprint density at radius 3 is 2.75 bits per heavy atom. The summed E-state index contributed by atoms with van der Waals surface area (Å²) >= 11 is 0. The molecule has 3 N–H and O–H groups in total. The standard InChI is InChI=1S/C24H38O4/c1-24(2)11-4-3-10-21(24)19(23(27)28)8-5-7-16-13-17-15-22(26)18(9-6-12-25)20(17)14-16/h6-7,9,17-22,25-26H,3-5,8,10-15H2,1-2H3,(H,27,28)/t17-,18-,19?,20+,21?,22-/m1/s1. The van der Waals surface area contributed by atoms with E-state index in [0.29, 0.717) is 11.8 Å². The maximum Gasteiger partial charge on any atom is 0.306 e. The van der Waals surface area contributed by atoms with Crippen LogP contribution in [0.15, 0.2) is 23.8 Å². The van der Waals surface area contributed by atoms with E-state index in [1.807, 2.05) is 6.08 Å². The summed E-state index contributed by atoms with van der Waals surface area (Å²) in [4.78, 5) is 12.0. The number of carboxylic acids is 1. The minimum absolute atomic E-state index is 0.0252. The van der Waals surface area contributed by atoms with Gasteiger partial charge in [0.15, 0.2) is 0 Å². The summed E-state index contributed by atoms with van der Waals surface area (Å²) in [5, 5.41) is 29.2. The SMILES string of the molecule is CC1(C)CCCCC1C(CCC=C1C[C@@H]2C[C@@H](O)[C@H](C=CCO)[C@H]2C1)C(=O)O. The largest absolute Gasteiger partial charge is 0.481 e. The predicted octanol–water partition coefficient (Wildman–Crippen LogP) is 4.57. The lowest BCUT2D eigenvalue weighted by Gasteiger charge is -2.41. The van der Waals surface area contributed by atoms with Crippen LogP contribution in [0.2, 0.25) is 0 Å². The lowest BCUT2D eigenvalue weighted by molar-refractivity contribution is -0.146. The van der Waals surface area contributed by atoms with E-state index in [1.165, 1.54) is 12.0 Å². The van der Waals surface area contributed by atoms with E-state index in [-0.39, 0.29) is 35.9 Å². The van der Waals surface area contributed by atoms with Crippen molar-refractivity contribution in [3.05, 3.63) is 23.8 Å². The molecular weight excluding hydrogens is 352 g/mol. The molecule has 3 aliphatic carbocycles. The van der Waals surface area contributed by atoms with Crippen LogP contribution >= 0.6 is 0 Å². The molecule has 3 rings (SSSR count). The zero-order valence-corrected chi connectivity index (χ0v) is 17.5.